The third-order valence-corrected chi connectivity index (χ3v) is 4.30. The number of thiophene rings is 1. The molecule has 0 saturated carbocycles. The zero-order chi connectivity index (χ0) is 13.9. The number of piperazine rings is 1. The van der Waals surface area contributed by atoms with Crippen molar-refractivity contribution in [2.75, 3.05) is 26.2 Å². The molecule has 0 spiro atoms. The summed E-state index contributed by atoms with van der Waals surface area (Å²) in [4.78, 5) is 16.5. The summed E-state index contributed by atoms with van der Waals surface area (Å²) in [6, 6.07) is 3.97. The molecule has 0 aliphatic carbocycles. The average Bonchev–Trinajstić information content (AvgIpc) is 3.10. The van der Waals surface area contributed by atoms with Crippen LogP contribution in [0.25, 0.3) is 0 Å². The van der Waals surface area contributed by atoms with Crippen LogP contribution in [0.1, 0.15) is 21.7 Å². The van der Waals surface area contributed by atoms with Gasteiger partial charge in [-0.2, -0.15) is 16.4 Å². The number of hydrogen-bond donors (Lipinski definition) is 1. The molecule has 1 saturated heterocycles. The summed E-state index contributed by atoms with van der Waals surface area (Å²) in [5.41, 5.74) is 2.80. The molecular formula is C14H18N4OS. The summed E-state index contributed by atoms with van der Waals surface area (Å²) in [5, 5.41) is 11.2. The second-order valence-corrected chi connectivity index (χ2v) is 5.92. The van der Waals surface area contributed by atoms with E-state index < -0.39 is 0 Å². The lowest BCUT2D eigenvalue weighted by Gasteiger charge is -2.34. The molecule has 0 aromatic carbocycles. The maximum Gasteiger partial charge on any atom is 0.274 e. The minimum absolute atomic E-state index is 0.0320. The zero-order valence-corrected chi connectivity index (χ0v) is 12.3. The largest absolute Gasteiger partial charge is 0.335 e. The fourth-order valence-corrected chi connectivity index (χ4v) is 3.10. The van der Waals surface area contributed by atoms with E-state index >= 15 is 0 Å². The van der Waals surface area contributed by atoms with Crippen LogP contribution >= 0.6 is 11.3 Å². The van der Waals surface area contributed by atoms with Gasteiger partial charge in [0, 0.05) is 38.4 Å². The minimum Gasteiger partial charge on any atom is -0.335 e. The summed E-state index contributed by atoms with van der Waals surface area (Å²) >= 11 is 1.73. The van der Waals surface area contributed by atoms with Crippen molar-refractivity contribution in [3.63, 3.8) is 0 Å². The number of nitrogens with one attached hydrogen (secondary N) is 1. The monoisotopic (exact) mass is 290 g/mol. The molecule has 0 unspecified atom stereocenters. The van der Waals surface area contributed by atoms with Crippen molar-refractivity contribution in [2.45, 2.75) is 13.5 Å². The predicted octanol–water partition coefficient (Wildman–Crippen LogP) is 1.74. The quantitative estimate of drug-likeness (QED) is 0.937. The van der Waals surface area contributed by atoms with Crippen molar-refractivity contribution < 1.29 is 4.79 Å². The molecule has 1 fully saturated rings. The molecule has 3 rings (SSSR count). The number of aryl methyl sites for hydroxylation is 1. The number of amides is 1. The summed E-state index contributed by atoms with van der Waals surface area (Å²) in [7, 11) is 0. The highest BCUT2D eigenvalue weighted by molar-refractivity contribution is 7.07. The lowest BCUT2D eigenvalue weighted by molar-refractivity contribution is 0.0623. The van der Waals surface area contributed by atoms with Crippen LogP contribution in [-0.4, -0.2) is 52.1 Å². The lowest BCUT2D eigenvalue weighted by atomic mass is 10.2. The fourth-order valence-electron chi connectivity index (χ4n) is 2.44. The molecule has 1 aliphatic rings. The molecule has 20 heavy (non-hydrogen) atoms. The van der Waals surface area contributed by atoms with Gasteiger partial charge in [0.2, 0.25) is 0 Å². The van der Waals surface area contributed by atoms with Gasteiger partial charge in [-0.05, 0) is 35.4 Å². The van der Waals surface area contributed by atoms with Crippen molar-refractivity contribution in [2.24, 2.45) is 0 Å². The molecule has 0 atom stereocenters. The molecular weight excluding hydrogens is 272 g/mol. The van der Waals surface area contributed by atoms with Crippen LogP contribution in [0, 0.1) is 6.92 Å². The van der Waals surface area contributed by atoms with Gasteiger partial charge in [-0.15, -0.1) is 0 Å². The summed E-state index contributed by atoms with van der Waals surface area (Å²) < 4.78 is 0. The Morgan fingerprint density at radius 1 is 1.40 bits per heavy atom. The molecule has 1 amide bonds. The predicted molar refractivity (Wildman–Crippen MR) is 78.8 cm³/mol. The van der Waals surface area contributed by atoms with E-state index in [-0.39, 0.29) is 5.91 Å². The van der Waals surface area contributed by atoms with E-state index in [1.165, 1.54) is 5.56 Å². The number of nitrogens with zero attached hydrogens (tertiary/aromatic N) is 3. The number of hydrogen-bond acceptors (Lipinski definition) is 4. The van der Waals surface area contributed by atoms with Gasteiger partial charge >= 0.3 is 0 Å². The topological polar surface area (TPSA) is 52.2 Å². The van der Waals surface area contributed by atoms with Crippen LogP contribution in [0.2, 0.25) is 0 Å². The Kier molecular flexibility index (Phi) is 3.84. The second kappa shape index (κ2) is 5.76. The third kappa shape index (κ3) is 2.91. The van der Waals surface area contributed by atoms with Gasteiger partial charge in [0.15, 0.2) is 0 Å². The van der Waals surface area contributed by atoms with Crippen molar-refractivity contribution in [1.29, 1.82) is 0 Å². The summed E-state index contributed by atoms with van der Waals surface area (Å²) in [6.45, 7) is 6.27. The first-order valence-electron chi connectivity index (χ1n) is 6.77. The van der Waals surface area contributed by atoms with E-state index in [0.717, 1.165) is 38.4 Å². The number of rotatable bonds is 3. The lowest BCUT2D eigenvalue weighted by Crippen LogP contribution is -2.48. The smallest absolute Gasteiger partial charge is 0.274 e. The van der Waals surface area contributed by atoms with E-state index in [1.54, 1.807) is 17.4 Å². The van der Waals surface area contributed by atoms with Crippen LogP contribution in [0.3, 0.4) is 0 Å². The summed E-state index contributed by atoms with van der Waals surface area (Å²) in [6.07, 6.45) is 0. The highest BCUT2D eigenvalue weighted by Gasteiger charge is 2.23. The van der Waals surface area contributed by atoms with Crippen molar-refractivity contribution in [3.05, 3.63) is 39.8 Å². The van der Waals surface area contributed by atoms with E-state index in [2.05, 4.69) is 31.9 Å². The first kappa shape index (κ1) is 13.3. The number of carbonyl (C=O) groups excluding carboxylic acids is 1. The highest BCUT2D eigenvalue weighted by Crippen LogP contribution is 2.13. The molecule has 3 heterocycles. The maximum absolute atomic E-state index is 12.3. The number of aromatic amines is 1. The van der Waals surface area contributed by atoms with Gasteiger partial charge in [0.1, 0.15) is 5.69 Å². The Bertz CT molecular complexity index is 570. The van der Waals surface area contributed by atoms with Gasteiger partial charge in [0.25, 0.3) is 5.91 Å². The van der Waals surface area contributed by atoms with E-state index in [9.17, 15) is 4.79 Å². The van der Waals surface area contributed by atoms with Crippen LogP contribution in [0.5, 0.6) is 0 Å². The molecule has 1 aliphatic heterocycles. The zero-order valence-electron chi connectivity index (χ0n) is 11.5. The van der Waals surface area contributed by atoms with Crippen LogP contribution in [0.4, 0.5) is 0 Å². The molecule has 106 valence electrons. The van der Waals surface area contributed by atoms with Crippen LogP contribution < -0.4 is 0 Å². The van der Waals surface area contributed by atoms with Crippen molar-refractivity contribution in [3.8, 4) is 0 Å². The van der Waals surface area contributed by atoms with Crippen LogP contribution in [-0.2, 0) is 6.54 Å². The van der Waals surface area contributed by atoms with Crippen molar-refractivity contribution in [1.82, 2.24) is 20.0 Å². The Labute approximate surface area is 122 Å². The molecule has 2 aromatic heterocycles. The Balaban J connectivity index is 1.54. The van der Waals surface area contributed by atoms with E-state index in [1.807, 2.05) is 11.8 Å². The van der Waals surface area contributed by atoms with Gasteiger partial charge in [-0.1, -0.05) is 0 Å². The Morgan fingerprint density at radius 2 is 2.20 bits per heavy atom. The normalized spacial score (nSPS) is 16.6. The fraction of sp³-hybridized carbons (Fsp3) is 0.429. The maximum atomic E-state index is 12.3. The molecule has 1 N–H and O–H groups in total. The summed E-state index contributed by atoms with van der Waals surface area (Å²) in [5.74, 6) is 0.0320. The molecule has 2 aromatic rings. The number of H-pyrrole nitrogens is 1. The van der Waals surface area contributed by atoms with E-state index in [0.29, 0.717) is 5.69 Å². The number of aromatic nitrogens is 2. The van der Waals surface area contributed by atoms with Gasteiger partial charge in [-0.3, -0.25) is 14.8 Å². The van der Waals surface area contributed by atoms with Crippen molar-refractivity contribution >= 4 is 17.2 Å². The van der Waals surface area contributed by atoms with Gasteiger partial charge < -0.3 is 4.90 Å². The molecule has 5 nitrogen and oxygen atoms in total. The Hall–Kier alpha value is -1.66. The highest BCUT2D eigenvalue weighted by atomic mass is 32.1. The molecule has 0 radical (unpaired) electrons. The first-order valence-corrected chi connectivity index (χ1v) is 7.71. The second-order valence-electron chi connectivity index (χ2n) is 5.14. The van der Waals surface area contributed by atoms with Gasteiger partial charge in [0.05, 0.1) is 0 Å². The minimum atomic E-state index is 0.0320. The molecule has 6 heteroatoms. The van der Waals surface area contributed by atoms with Crippen LogP contribution in [0.15, 0.2) is 22.9 Å². The van der Waals surface area contributed by atoms with Gasteiger partial charge in [-0.25, -0.2) is 0 Å². The average molecular weight is 290 g/mol. The van der Waals surface area contributed by atoms with E-state index in [4.69, 9.17) is 0 Å². The SMILES string of the molecule is Cc1cc(C(=O)N2CCN(Cc3ccsc3)CC2)n[nH]1. The first-order chi connectivity index (χ1) is 9.72. The Morgan fingerprint density at radius 3 is 2.80 bits per heavy atom. The standard InChI is InChI=1S/C14H18N4OS/c1-11-8-13(16-15-11)14(19)18-5-3-17(4-6-18)9-12-2-7-20-10-12/h2,7-8,10H,3-6,9H2,1H3,(H,15,16). The molecule has 0 bridgehead atoms. The third-order valence-electron chi connectivity index (χ3n) is 3.57. The number of carbonyl (C=O) groups is 1.